The molecule has 32 heavy (non-hydrogen) atoms. The van der Waals surface area contributed by atoms with Crippen molar-refractivity contribution in [2.45, 2.75) is 26.2 Å². The highest BCUT2D eigenvalue weighted by molar-refractivity contribution is 6.09. The molecule has 3 rings (SSSR count). The Morgan fingerprint density at radius 1 is 1.25 bits per heavy atom. The summed E-state index contributed by atoms with van der Waals surface area (Å²) in [6, 6.07) is 9.77. The lowest BCUT2D eigenvalue weighted by molar-refractivity contribution is 0.350. The first kappa shape index (κ1) is 22.7. The lowest BCUT2D eigenvalue weighted by Gasteiger charge is -2.31. The number of methoxy groups -OCH3 is 1. The zero-order valence-electron chi connectivity index (χ0n) is 18.7. The van der Waals surface area contributed by atoms with E-state index in [1.165, 1.54) is 6.20 Å². The van der Waals surface area contributed by atoms with Crippen LogP contribution in [0.2, 0.25) is 0 Å². The molecule has 2 aromatic heterocycles. The second-order valence-electron chi connectivity index (χ2n) is 7.81. The summed E-state index contributed by atoms with van der Waals surface area (Å²) in [4.78, 5) is 12.9. The zero-order chi connectivity index (χ0) is 23.3. The van der Waals surface area contributed by atoms with E-state index >= 15 is 0 Å². The van der Waals surface area contributed by atoms with Crippen LogP contribution in [0.4, 0.5) is 0 Å². The average Bonchev–Trinajstić information content (AvgIpc) is 3.29. The van der Waals surface area contributed by atoms with Gasteiger partial charge in [0.1, 0.15) is 17.1 Å². The molecule has 166 valence electrons. The minimum Gasteiger partial charge on any atom is -0.496 e. The van der Waals surface area contributed by atoms with Crippen LogP contribution in [0.25, 0.3) is 17.0 Å². The molecule has 8 nitrogen and oxygen atoms in total. The van der Waals surface area contributed by atoms with Crippen LogP contribution in [-0.2, 0) is 5.41 Å². The molecule has 1 aromatic carbocycles. The van der Waals surface area contributed by atoms with Gasteiger partial charge in [0.25, 0.3) is 5.89 Å². The van der Waals surface area contributed by atoms with Crippen molar-refractivity contribution in [3.8, 4) is 17.2 Å². The van der Waals surface area contributed by atoms with Crippen LogP contribution in [0, 0.1) is 5.92 Å². The largest absolute Gasteiger partial charge is 0.496 e. The van der Waals surface area contributed by atoms with Gasteiger partial charge in [-0.1, -0.05) is 49.8 Å². The summed E-state index contributed by atoms with van der Waals surface area (Å²) in [6.07, 6.45) is 6.37. The number of hydrogen-bond acceptors (Lipinski definition) is 8. The van der Waals surface area contributed by atoms with Crippen molar-refractivity contribution in [2.24, 2.45) is 22.4 Å². The molecule has 1 atom stereocenters. The van der Waals surface area contributed by atoms with E-state index in [0.29, 0.717) is 23.0 Å². The number of nitrogens with two attached hydrogens (primary N) is 2. The van der Waals surface area contributed by atoms with Gasteiger partial charge >= 0.3 is 0 Å². The van der Waals surface area contributed by atoms with E-state index in [1.54, 1.807) is 31.8 Å². The van der Waals surface area contributed by atoms with Gasteiger partial charge in [-0.05, 0) is 30.0 Å². The van der Waals surface area contributed by atoms with Crippen LogP contribution < -0.4 is 16.2 Å². The molecule has 0 amide bonds. The first-order valence-electron chi connectivity index (χ1n) is 10.1. The predicted octanol–water partition coefficient (Wildman–Crippen LogP) is 3.90. The van der Waals surface area contributed by atoms with Crippen molar-refractivity contribution in [3.63, 3.8) is 0 Å². The van der Waals surface area contributed by atoms with Gasteiger partial charge in [-0.2, -0.15) is 4.98 Å². The molecule has 0 aliphatic rings. The topological polar surface area (TPSA) is 125 Å². The van der Waals surface area contributed by atoms with Crippen molar-refractivity contribution in [2.75, 3.05) is 7.11 Å². The Hall–Kier alpha value is -3.94. The third-order valence-electron chi connectivity index (χ3n) is 5.64. The number of nitrogens with zero attached hydrogens (tertiary/aromatic N) is 4. The highest BCUT2D eigenvalue weighted by atomic mass is 16.5. The normalized spacial score (nSPS) is 14.0. The van der Waals surface area contributed by atoms with Crippen molar-refractivity contribution >= 4 is 11.8 Å². The molecule has 0 saturated carbocycles. The van der Waals surface area contributed by atoms with Gasteiger partial charge < -0.3 is 20.7 Å². The van der Waals surface area contributed by atoms with Crippen molar-refractivity contribution in [1.82, 2.24) is 15.1 Å². The summed E-state index contributed by atoms with van der Waals surface area (Å²) in [6.45, 7) is 9.91. The Morgan fingerprint density at radius 2 is 1.97 bits per heavy atom. The van der Waals surface area contributed by atoms with Gasteiger partial charge in [-0.3, -0.25) is 4.98 Å². The van der Waals surface area contributed by atoms with Crippen LogP contribution in [0.5, 0.6) is 5.75 Å². The monoisotopic (exact) mass is 432 g/mol. The number of benzene rings is 1. The predicted molar refractivity (Wildman–Crippen MR) is 126 cm³/mol. The lowest BCUT2D eigenvalue weighted by Crippen LogP contribution is -2.31. The molecule has 0 fully saturated rings. The number of ether oxygens (including phenoxy) is 1. The molecular weight excluding hydrogens is 404 g/mol. The Morgan fingerprint density at radius 3 is 2.56 bits per heavy atom. The number of allylic oxidation sites excluding steroid dienone is 1. The van der Waals surface area contributed by atoms with Gasteiger partial charge in [0.2, 0.25) is 0 Å². The molecule has 3 aromatic rings. The third-order valence-corrected chi connectivity index (χ3v) is 5.64. The van der Waals surface area contributed by atoms with Crippen LogP contribution in [0.1, 0.15) is 37.7 Å². The molecule has 0 aliphatic carbocycles. The summed E-state index contributed by atoms with van der Waals surface area (Å²) < 4.78 is 11.0. The van der Waals surface area contributed by atoms with Crippen LogP contribution in [0.3, 0.4) is 0 Å². The maximum atomic E-state index is 5.76. The van der Waals surface area contributed by atoms with Crippen molar-refractivity contribution < 1.29 is 9.26 Å². The fourth-order valence-corrected chi connectivity index (χ4v) is 3.36. The fraction of sp³-hybridized carbons (Fsp3) is 0.250. The summed E-state index contributed by atoms with van der Waals surface area (Å²) in [5.74, 6) is 1.96. The Bertz CT molecular complexity index is 1150. The summed E-state index contributed by atoms with van der Waals surface area (Å²) in [5.41, 5.74) is 14.1. The van der Waals surface area contributed by atoms with Crippen LogP contribution in [0.15, 0.2) is 70.8 Å². The average molecular weight is 433 g/mol. The molecule has 0 saturated heterocycles. The molecule has 2 heterocycles. The molecule has 4 N–H and O–H groups in total. The van der Waals surface area contributed by atoms with E-state index < -0.39 is 5.41 Å². The Kier molecular flexibility index (Phi) is 6.73. The fourth-order valence-electron chi connectivity index (χ4n) is 3.36. The van der Waals surface area contributed by atoms with Gasteiger partial charge in [-0.25, -0.2) is 4.99 Å². The van der Waals surface area contributed by atoms with Crippen molar-refractivity contribution in [1.29, 1.82) is 0 Å². The van der Waals surface area contributed by atoms with E-state index in [0.717, 1.165) is 16.7 Å². The number of aliphatic imine (C=N–C) groups is 1. The molecule has 1 unspecified atom stereocenters. The SMILES string of the molecule is C=C(N)/N=C\C(=C/N)c1ccc(C(C)(c2noc(-c3cnccc3OC)n2)C(C)C)cc1. The minimum atomic E-state index is -0.498. The molecular formula is C24H28N6O2. The first-order valence-corrected chi connectivity index (χ1v) is 10.1. The van der Waals surface area contributed by atoms with E-state index in [-0.39, 0.29) is 11.7 Å². The van der Waals surface area contributed by atoms with Crippen LogP contribution >= 0.6 is 0 Å². The number of pyridine rings is 1. The highest BCUT2D eigenvalue weighted by Gasteiger charge is 2.37. The number of hydrogen-bond donors (Lipinski definition) is 2. The first-order chi connectivity index (χ1) is 15.3. The molecule has 0 radical (unpaired) electrons. The van der Waals surface area contributed by atoms with E-state index in [4.69, 9.17) is 25.7 Å². The minimum absolute atomic E-state index is 0.182. The van der Waals surface area contributed by atoms with Gasteiger partial charge in [0.05, 0.1) is 12.5 Å². The summed E-state index contributed by atoms with van der Waals surface area (Å²) in [7, 11) is 1.59. The maximum Gasteiger partial charge on any atom is 0.263 e. The van der Waals surface area contributed by atoms with Gasteiger partial charge in [-0.15, -0.1) is 0 Å². The highest BCUT2D eigenvalue weighted by Crippen LogP contribution is 2.39. The van der Waals surface area contributed by atoms with Crippen molar-refractivity contribution in [3.05, 3.63) is 78.3 Å². The molecule has 0 aliphatic heterocycles. The standard InChI is InChI=1S/C24H28N6O2/c1-15(2)24(4,19-8-6-17(7-9-19)18(12-25)13-28-16(3)26)23-29-22(32-30-23)20-14-27-11-10-21(20)31-5/h6-15H,3,25-26H2,1-2,4-5H3/b18-12+,28-13-. The Labute approximate surface area is 187 Å². The smallest absolute Gasteiger partial charge is 0.263 e. The maximum absolute atomic E-state index is 5.76. The van der Waals surface area contributed by atoms with E-state index in [9.17, 15) is 0 Å². The number of aromatic nitrogens is 3. The van der Waals surface area contributed by atoms with Gasteiger partial charge in [0.15, 0.2) is 5.82 Å². The van der Waals surface area contributed by atoms with Gasteiger partial charge in [0, 0.05) is 30.4 Å². The second kappa shape index (κ2) is 9.47. The quantitative estimate of drug-likeness (QED) is 0.517. The molecule has 0 spiro atoms. The molecule has 0 bridgehead atoms. The molecule has 8 heteroatoms. The summed E-state index contributed by atoms with van der Waals surface area (Å²) in [5, 5.41) is 4.31. The summed E-state index contributed by atoms with van der Waals surface area (Å²) >= 11 is 0. The van der Waals surface area contributed by atoms with Crippen LogP contribution in [-0.4, -0.2) is 28.4 Å². The lowest BCUT2D eigenvalue weighted by atomic mass is 9.72. The second-order valence-corrected chi connectivity index (χ2v) is 7.81. The van der Waals surface area contributed by atoms with E-state index in [2.05, 4.69) is 42.5 Å². The van der Waals surface area contributed by atoms with E-state index in [1.807, 2.05) is 24.3 Å². The zero-order valence-corrected chi connectivity index (χ0v) is 18.7. The Balaban J connectivity index is 1.99. The number of rotatable bonds is 8. The third kappa shape index (κ3) is 4.39.